The number of urea groups is 1. The first-order chi connectivity index (χ1) is 20.1. The van der Waals surface area contributed by atoms with Gasteiger partial charge in [-0.05, 0) is 72.8 Å². The van der Waals surface area contributed by atoms with Crippen molar-refractivity contribution < 1.29 is 28.1 Å². The molecule has 3 amide bonds. The van der Waals surface area contributed by atoms with Crippen molar-refractivity contribution in [2.24, 2.45) is 0 Å². The predicted octanol–water partition coefficient (Wildman–Crippen LogP) is 5.14. The van der Waals surface area contributed by atoms with E-state index in [1.54, 1.807) is 48.7 Å². The van der Waals surface area contributed by atoms with Crippen molar-refractivity contribution in [2.45, 2.75) is 19.8 Å². The standard InChI is InChI=1S/C30H31N5O6S/c1-20-6-4-7-23(16-20)34-30(38)33-22-9-11-24(12-10-22)41-25-13-14-31-27(18-25)26-17-21(19-32-26)29(37)35-42(3,39)15-5-8-28(36)40-2/h4,6-7,9-19,32H,5,8H2,1-3H3,(H2,33,34,38)(H,35,37,39). The van der Waals surface area contributed by atoms with E-state index in [0.29, 0.717) is 34.3 Å². The number of nitrogens with one attached hydrogen (secondary N) is 4. The van der Waals surface area contributed by atoms with Crippen LogP contribution in [0.1, 0.15) is 28.8 Å². The maximum atomic E-state index is 12.7. The minimum Gasteiger partial charge on any atom is -0.469 e. The van der Waals surface area contributed by atoms with E-state index >= 15 is 0 Å². The number of H-pyrrole nitrogens is 1. The predicted molar refractivity (Wildman–Crippen MR) is 163 cm³/mol. The minimum absolute atomic E-state index is 0.0717. The zero-order chi connectivity index (χ0) is 30.1. The van der Waals surface area contributed by atoms with Gasteiger partial charge in [0.15, 0.2) is 0 Å². The summed E-state index contributed by atoms with van der Waals surface area (Å²) < 4.78 is 25.7. The number of nitrogens with zero attached hydrogens (tertiary/aromatic N) is 1. The number of rotatable bonds is 10. The Morgan fingerprint density at radius 2 is 1.74 bits per heavy atom. The zero-order valence-electron chi connectivity index (χ0n) is 23.3. The second kappa shape index (κ2) is 13.5. The van der Waals surface area contributed by atoms with Crippen LogP contribution in [0.15, 0.2) is 79.1 Å². The lowest BCUT2D eigenvalue weighted by Gasteiger charge is -2.10. The summed E-state index contributed by atoms with van der Waals surface area (Å²) in [6, 6.07) is 19.0. The lowest BCUT2D eigenvalue weighted by atomic mass is 10.2. The number of hydrogen-bond acceptors (Lipinski definition) is 7. The van der Waals surface area contributed by atoms with Gasteiger partial charge in [-0.2, -0.15) is 0 Å². The van der Waals surface area contributed by atoms with Crippen molar-refractivity contribution in [3.05, 3.63) is 90.3 Å². The van der Waals surface area contributed by atoms with Crippen LogP contribution in [0, 0.1) is 6.92 Å². The molecule has 0 bridgehead atoms. The molecular formula is C30H31N5O6S. The molecule has 11 nitrogen and oxygen atoms in total. The lowest BCUT2D eigenvalue weighted by molar-refractivity contribution is -0.140. The fourth-order valence-corrected chi connectivity index (χ4v) is 4.98. The summed E-state index contributed by atoms with van der Waals surface area (Å²) in [4.78, 5) is 43.6. The highest BCUT2D eigenvalue weighted by Crippen LogP contribution is 2.26. The maximum Gasteiger partial charge on any atom is 0.323 e. The molecule has 0 spiro atoms. The minimum atomic E-state index is -2.81. The van der Waals surface area contributed by atoms with E-state index in [1.807, 2.05) is 31.2 Å². The Labute approximate surface area is 243 Å². The lowest BCUT2D eigenvalue weighted by Crippen LogP contribution is -2.30. The van der Waals surface area contributed by atoms with E-state index in [4.69, 9.17) is 4.74 Å². The Morgan fingerprint density at radius 3 is 2.48 bits per heavy atom. The molecule has 1 atom stereocenters. The molecule has 2 aromatic carbocycles. The molecule has 42 heavy (non-hydrogen) atoms. The van der Waals surface area contributed by atoms with Crippen LogP contribution in [0.25, 0.3) is 11.4 Å². The molecule has 0 aliphatic carbocycles. The quantitative estimate of drug-likeness (QED) is 0.148. The summed E-state index contributed by atoms with van der Waals surface area (Å²) >= 11 is 0. The van der Waals surface area contributed by atoms with Crippen LogP contribution in [0.3, 0.4) is 0 Å². The first-order valence-electron chi connectivity index (χ1n) is 12.9. The first kappa shape index (κ1) is 29.9. The van der Waals surface area contributed by atoms with Crippen LogP contribution in [0.4, 0.5) is 16.2 Å². The number of methoxy groups -OCH3 is 1. The number of esters is 1. The average molecular weight is 590 g/mol. The van der Waals surface area contributed by atoms with Crippen molar-refractivity contribution >= 4 is 44.4 Å². The second-order valence-electron chi connectivity index (χ2n) is 9.37. The fraction of sp³-hybridized carbons (Fsp3) is 0.167. The number of carbonyl (C=O) groups is 3. The van der Waals surface area contributed by atoms with Crippen molar-refractivity contribution in [1.29, 1.82) is 0 Å². The molecule has 0 saturated carbocycles. The normalized spacial score (nSPS) is 12.0. The van der Waals surface area contributed by atoms with Gasteiger partial charge in [0.25, 0.3) is 5.91 Å². The smallest absolute Gasteiger partial charge is 0.323 e. The summed E-state index contributed by atoms with van der Waals surface area (Å²) in [5.41, 5.74) is 3.69. The number of anilines is 2. The van der Waals surface area contributed by atoms with E-state index in [1.165, 1.54) is 24.9 Å². The molecule has 4 aromatic rings. The van der Waals surface area contributed by atoms with Crippen molar-refractivity contribution in [3.63, 3.8) is 0 Å². The summed E-state index contributed by atoms with van der Waals surface area (Å²) in [5.74, 6) is 0.0992. The van der Waals surface area contributed by atoms with Crippen LogP contribution in [-0.4, -0.2) is 50.8 Å². The van der Waals surface area contributed by atoms with Crippen molar-refractivity contribution in [1.82, 2.24) is 14.7 Å². The second-order valence-corrected chi connectivity index (χ2v) is 11.7. The van der Waals surface area contributed by atoms with Crippen molar-refractivity contribution in [3.8, 4) is 22.9 Å². The van der Waals surface area contributed by atoms with Crippen LogP contribution >= 0.6 is 0 Å². The van der Waals surface area contributed by atoms with Crippen LogP contribution in [-0.2, 0) is 19.2 Å². The average Bonchev–Trinajstić information content (AvgIpc) is 3.45. The number of aromatic nitrogens is 2. The van der Waals surface area contributed by atoms with Gasteiger partial charge in [0.2, 0.25) is 0 Å². The van der Waals surface area contributed by atoms with E-state index in [9.17, 15) is 18.6 Å². The molecule has 4 N–H and O–H groups in total. The van der Waals surface area contributed by atoms with Gasteiger partial charge in [0.1, 0.15) is 11.5 Å². The topological polar surface area (TPSA) is 152 Å². The summed E-state index contributed by atoms with van der Waals surface area (Å²) in [7, 11) is -1.54. The molecule has 12 heteroatoms. The zero-order valence-corrected chi connectivity index (χ0v) is 24.1. The van der Waals surface area contributed by atoms with Crippen molar-refractivity contribution in [2.75, 3.05) is 24.0 Å². The largest absolute Gasteiger partial charge is 0.469 e. The third kappa shape index (κ3) is 8.70. The highest BCUT2D eigenvalue weighted by Gasteiger charge is 2.14. The van der Waals surface area contributed by atoms with Gasteiger partial charge in [-0.1, -0.05) is 12.1 Å². The molecule has 0 aliphatic heterocycles. The van der Waals surface area contributed by atoms with E-state index in [0.717, 1.165) is 5.56 Å². The first-order valence-corrected chi connectivity index (χ1v) is 14.9. The SMILES string of the molecule is COC(=O)CCC=S(C)(=O)NC(=O)c1c[nH]c(-c2cc(Oc3ccc(NC(=O)Nc4cccc(C)c4)cc3)ccn2)c1. The number of benzene rings is 2. The third-order valence-electron chi connectivity index (χ3n) is 5.88. The Balaban J connectivity index is 1.35. The fourth-order valence-electron chi connectivity index (χ4n) is 3.84. The monoisotopic (exact) mass is 589 g/mol. The Hall–Kier alpha value is -5.10. The van der Waals surface area contributed by atoms with Crippen LogP contribution in [0.5, 0.6) is 11.5 Å². The molecule has 0 radical (unpaired) electrons. The molecule has 4 rings (SSSR count). The Morgan fingerprint density at radius 1 is 0.976 bits per heavy atom. The molecular weight excluding hydrogens is 558 g/mol. The molecule has 1 unspecified atom stereocenters. The highest BCUT2D eigenvalue weighted by atomic mass is 32.2. The van der Waals surface area contributed by atoms with Gasteiger partial charge in [0, 0.05) is 52.2 Å². The van der Waals surface area contributed by atoms with Gasteiger partial charge in [-0.3, -0.25) is 19.3 Å². The highest BCUT2D eigenvalue weighted by molar-refractivity contribution is 7.99. The number of carbonyl (C=O) groups excluding carboxylic acids is 3. The van der Waals surface area contributed by atoms with Gasteiger partial charge in [0.05, 0.1) is 24.1 Å². The summed E-state index contributed by atoms with van der Waals surface area (Å²) in [5, 5.41) is 6.98. The molecule has 2 aromatic heterocycles. The molecule has 218 valence electrons. The van der Waals surface area contributed by atoms with Gasteiger partial charge < -0.3 is 25.1 Å². The van der Waals surface area contributed by atoms with E-state index < -0.39 is 21.6 Å². The summed E-state index contributed by atoms with van der Waals surface area (Å²) in [6.45, 7) is 1.95. The molecule has 0 fully saturated rings. The number of aromatic amines is 1. The van der Waals surface area contributed by atoms with Gasteiger partial charge in [-0.25, -0.2) is 9.00 Å². The Kier molecular flexibility index (Phi) is 9.61. The summed E-state index contributed by atoms with van der Waals surface area (Å²) in [6.07, 6.45) is 4.74. The Bertz CT molecular complexity index is 1710. The number of aryl methyl sites for hydroxylation is 1. The maximum absolute atomic E-state index is 12.7. The van der Waals surface area contributed by atoms with Gasteiger partial charge in [-0.15, -0.1) is 0 Å². The van der Waals surface area contributed by atoms with Crippen LogP contribution < -0.4 is 20.1 Å². The molecule has 0 aliphatic rings. The number of hydrogen-bond donors (Lipinski definition) is 4. The van der Waals surface area contributed by atoms with Gasteiger partial charge >= 0.3 is 12.0 Å². The van der Waals surface area contributed by atoms with E-state index in [2.05, 4.69) is 30.1 Å². The van der Waals surface area contributed by atoms with E-state index in [-0.39, 0.29) is 24.4 Å². The number of amides is 3. The molecule has 0 saturated heterocycles. The third-order valence-corrected chi connectivity index (χ3v) is 7.35. The number of ether oxygens (including phenoxy) is 2. The van der Waals surface area contributed by atoms with Crippen LogP contribution in [0.2, 0.25) is 0 Å². The molecule has 2 heterocycles. The number of pyridine rings is 1.